The van der Waals surface area contributed by atoms with E-state index < -0.39 is 0 Å². The fourth-order valence-corrected chi connectivity index (χ4v) is 4.50. The van der Waals surface area contributed by atoms with Crippen LogP contribution in [0.3, 0.4) is 0 Å². The number of anilines is 1. The van der Waals surface area contributed by atoms with E-state index in [1.165, 1.54) is 47.8 Å². The summed E-state index contributed by atoms with van der Waals surface area (Å²) in [7, 11) is 0. The van der Waals surface area contributed by atoms with Gasteiger partial charge in [0.1, 0.15) is 5.69 Å². The fraction of sp³-hybridized carbons (Fsp3) is 0.400. The molecule has 4 heteroatoms. The van der Waals surface area contributed by atoms with Gasteiger partial charge in [0.15, 0.2) is 5.82 Å². The first-order valence-electron chi connectivity index (χ1n) is 8.89. The predicted octanol–water partition coefficient (Wildman–Crippen LogP) is 5.74. The van der Waals surface area contributed by atoms with Crippen LogP contribution in [-0.2, 0) is 0 Å². The van der Waals surface area contributed by atoms with Crippen molar-refractivity contribution >= 4 is 27.9 Å². The number of aromatic nitrogens is 2. The summed E-state index contributed by atoms with van der Waals surface area (Å²) in [6.45, 7) is 2.29. The van der Waals surface area contributed by atoms with E-state index in [1.54, 1.807) is 11.3 Å². The fourth-order valence-electron chi connectivity index (χ4n) is 3.77. The third-order valence-electron chi connectivity index (χ3n) is 5.16. The number of thiophene rings is 1. The molecule has 3 aromatic rings. The van der Waals surface area contributed by atoms with Crippen LogP contribution < -0.4 is 5.32 Å². The van der Waals surface area contributed by atoms with E-state index in [0.717, 1.165) is 17.4 Å². The normalized spacial score (nSPS) is 17.0. The van der Waals surface area contributed by atoms with Crippen molar-refractivity contribution in [3.63, 3.8) is 0 Å². The summed E-state index contributed by atoms with van der Waals surface area (Å²) in [6, 6.07) is 13.1. The maximum atomic E-state index is 4.55. The monoisotopic (exact) mass is 337 g/mol. The molecular formula is C20H23N3S. The second kappa shape index (κ2) is 6.89. The van der Waals surface area contributed by atoms with E-state index in [2.05, 4.69) is 64.2 Å². The third-order valence-corrected chi connectivity index (χ3v) is 6.04. The number of fused-ring (bicyclic) bond motifs is 1. The van der Waals surface area contributed by atoms with E-state index in [-0.39, 0.29) is 0 Å². The highest BCUT2D eigenvalue weighted by molar-refractivity contribution is 7.13. The van der Waals surface area contributed by atoms with E-state index >= 15 is 0 Å². The topological polar surface area (TPSA) is 37.8 Å². The SMILES string of the molecule is CC(Nc1nnc(-c2cccs2)c2ccccc12)C1CCCCC1. The first-order chi connectivity index (χ1) is 11.8. The highest BCUT2D eigenvalue weighted by Crippen LogP contribution is 2.33. The number of nitrogens with one attached hydrogen (secondary N) is 1. The van der Waals surface area contributed by atoms with Gasteiger partial charge < -0.3 is 5.32 Å². The lowest BCUT2D eigenvalue weighted by Gasteiger charge is -2.28. The van der Waals surface area contributed by atoms with Gasteiger partial charge in [0.2, 0.25) is 0 Å². The molecule has 2 aromatic heterocycles. The molecule has 2 heterocycles. The molecule has 0 spiro atoms. The Kier molecular flexibility index (Phi) is 4.48. The van der Waals surface area contributed by atoms with Crippen molar-refractivity contribution in [3.05, 3.63) is 41.8 Å². The van der Waals surface area contributed by atoms with Gasteiger partial charge in [-0.05, 0) is 37.1 Å². The largest absolute Gasteiger partial charge is 0.365 e. The molecule has 1 aliphatic carbocycles. The van der Waals surface area contributed by atoms with Gasteiger partial charge in [-0.2, -0.15) is 0 Å². The van der Waals surface area contributed by atoms with Gasteiger partial charge in [0.05, 0.1) is 4.88 Å². The molecule has 24 heavy (non-hydrogen) atoms. The summed E-state index contributed by atoms with van der Waals surface area (Å²) in [5, 5.41) is 17.2. The van der Waals surface area contributed by atoms with Gasteiger partial charge in [-0.25, -0.2) is 0 Å². The van der Waals surface area contributed by atoms with Gasteiger partial charge in [-0.15, -0.1) is 21.5 Å². The summed E-state index contributed by atoms with van der Waals surface area (Å²) in [6.07, 6.45) is 6.77. The highest BCUT2D eigenvalue weighted by atomic mass is 32.1. The molecular weight excluding hydrogens is 314 g/mol. The van der Waals surface area contributed by atoms with Crippen molar-refractivity contribution in [3.8, 4) is 10.6 Å². The number of rotatable bonds is 4. The van der Waals surface area contributed by atoms with Crippen molar-refractivity contribution in [2.75, 3.05) is 5.32 Å². The van der Waals surface area contributed by atoms with Crippen LogP contribution >= 0.6 is 11.3 Å². The third kappa shape index (κ3) is 3.03. The lowest BCUT2D eigenvalue weighted by molar-refractivity contribution is 0.328. The zero-order chi connectivity index (χ0) is 16.4. The molecule has 1 atom stereocenters. The predicted molar refractivity (Wildman–Crippen MR) is 103 cm³/mol. The van der Waals surface area contributed by atoms with Crippen LogP contribution in [0.25, 0.3) is 21.3 Å². The minimum Gasteiger partial charge on any atom is -0.365 e. The first kappa shape index (κ1) is 15.6. The maximum absolute atomic E-state index is 4.55. The molecule has 0 bridgehead atoms. The maximum Gasteiger partial charge on any atom is 0.156 e. The number of nitrogens with zero attached hydrogens (tertiary/aromatic N) is 2. The molecule has 0 amide bonds. The van der Waals surface area contributed by atoms with Crippen LogP contribution in [0, 0.1) is 5.92 Å². The molecule has 1 aliphatic rings. The zero-order valence-corrected chi connectivity index (χ0v) is 14.9. The molecule has 1 fully saturated rings. The van der Waals surface area contributed by atoms with Crippen molar-refractivity contribution in [1.82, 2.24) is 10.2 Å². The Morgan fingerprint density at radius 2 is 1.79 bits per heavy atom. The smallest absolute Gasteiger partial charge is 0.156 e. The summed E-state index contributed by atoms with van der Waals surface area (Å²) in [5.74, 6) is 1.67. The van der Waals surface area contributed by atoms with E-state index in [4.69, 9.17) is 0 Å². The Balaban J connectivity index is 1.68. The van der Waals surface area contributed by atoms with Crippen LogP contribution in [0.2, 0.25) is 0 Å². The van der Waals surface area contributed by atoms with E-state index in [0.29, 0.717) is 6.04 Å². The Hall–Kier alpha value is -1.94. The van der Waals surface area contributed by atoms with Crippen molar-refractivity contribution in [1.29, 1.82) is 0 Å². The van der Waals surface area contributed by atoms with Gasteiger partial charge in [0.25, 0.3) is 0 Å². The molecule has 1 unspecified atom stereocenters. The van der Waals surface area contributed by atoms with Crippen molar-refractivity contribution < 1.29 is 0 Å². The molecule has 3 nitrogen and oxygen atoms in total. The van der Waals surface area contributed by atoms with Crippen molar-refractivity contribution in [2.24, 2.45) is 5.92 Å². The van der Waals surface area contributed by atoms with E-state index in [1.807, 2.05) is 0 Å². The molecule has 0 radical (unpaired) electrons. The van der Waals surface area contributed by atoms with Crippen LogP contribution in [0.15, 0.2) is 41.8 Å². The number of benzene rings is 1. The van der Waals surface area contributed by atoms with Crippen LogP contribution in [0.1, 0.15) is 39.0 Å². The second-order valence-corrected chi connectivity index (χ2v) is 7.70. The number of hydrogen-bond donors (Lipinski definition) is 1. The summed E-state index contributed by atoms with van der Waals surface area (Å²) >= 11 is 1.71. The molecule has 0 aliphatic heterocycles. The molecule has 0 saturated heterocycles. The molecule has 1 saturated carbocycles. The van der Waals surface area contributed by atoms with Crippen LogP contribution in [0.5, 0.6) is 0 Å². The zero-order valence-electron chi connectivity index (χ0n) is 14.0. The summed E-state index contributed by atoms with van der Waals surface area (Å²) < 4.78 is 0. The molecule has 124 valence electrons. The quantitative estimate of drug-likeness (QED) is 0.660. The van der Waals surface area contributed by atoms with Gasteiger partial charge in [-0.3, -0.25) is 0 Å². The summed E-state index contributed by atoms with van der Waals surface area (Å²) in [5.41, 5.74) is 0.983. The minimum atomic E-state index is 0.440. The molecule has 4 rings (SSSR count). The summed E-state index contributed by atoms with van der Waals surface area (Å²) in [4.78, 5) is 1.17. The Morgan fingerprint density at radius 1 is 1.00 bits per heavy atom. The van der Waals surface area contributed by atoms with E-state index in [9.17, 15) is 0 Å². The lowest BCUT2D eigenvalue weighted by Crippen LogP contribution is -2.28. The number of hydrogen-bond acceptors (Lipinski definition) is 4. The molecule has 1 N–H and O–H groups in total. The van der Waals surface area contributed by atoms with Crippen LogP contribution in [0.4, 0.5) is 5.82 Å². The minimum absolute atomic E-state index is 0.440. The molecule has 1 aromatic carbocycles. The van der Waals surface area contributed by atoms with Gasteiger partial charge in [-0.1, -0.05) is 49.6 Å². The van der Waals surface area contributed by atoms with Gasteiger partial charge >= 0.3 is 0 Å². The lowest BCUT2D eigenvalue weighted by atomic mass is 9.84. The van der Waals surface area contributed by atoms with Crippen LogP contribution in [-0.4, -0.2) is 16.2 Å². The Labute approximate surface area is 147 Å². The Bertz CT molecular complexity index is 807. The second-order valence-electron chi connectivity index (χ2n) is 6.75. The Morgan fingerprint density at radius 3 is 2.54 bits per heavy atom. The average Bonchev–Trinajstić information content (AvgIpc) is 3.17. The van der Waals surface area contributed by atoms with Gasteiger partial charge in [0, 0.05) is 16.8 Å². The van der Waals surface area contributed by atoms with Crippen molar-refractivity contribution in [2.45, 2.75) is 45.1 Å². The average molecular weight is 337 g/mol. The standard InChI is InChI=1S/C20H23N3S/c1-14(15-8-3-2-4-9-15)21-20-17-11-6-5-10-16(17)19(22-23-20)18-12-7-13-24-18/h5-7,10-15H,2-4,8-9H2,1H3,(H,21,23). The highest BCUT2D eigenvalue weighted by Gasteiger charge is 2.21. The first-order valence-corrected chi connectivity index (χ1v) is 9.77.